The predicted octanol–water partition coefficient (Wildman–Crippen LogP) is -0.215. The van der Waals surface area contributed by atoms with Gasteiger partial charge in [-0.3, -0.25) is 0 Å². The van der Waals surface area contributed by atoms with Crippen LogP contribution in [0, 0.1) is 0 Å². The summed E-state index contributed by atoms with van der Waals surface area (Å²) >= 11 is 3.14. The van der Waals surface area contributed by atoms with Crippen LogP contribution in [0.3, 0.4) is 0 Å². The Labute approximate surface area is 48.0 Å². The summed E-state index contributed by atoms with van der Waals surface area (Å²) in [6, 6.07) is 0. The zero-order chi connectivity index (χ0) is 5.91. The monoisotopic (exact) mass is 140 g/mol. The summed E-state index contributed by atoms with van der Waals surface area (Å²) in [6.07, 6.45) is 0. The van der Waals surface area contributed by atoms with Gasteiger partial charge in [-0.1, -0.05) is 0 Å². The lowest BCUT2D eigenvalue weighted by Crippen LogP contribution is -2.07. The van der Waals surface area contributed by atoms with Gasteiger partial charge in [0.1, 0.15) is 0 Å². The molecule has 0 unspecified atom stereocenters. The van der Waals surface area contributed by atoms with Gasteiger partial charge in [0.05, 0.1) is 0 Å². The summed E-state index contributed by atoms with van der Waals surface area (Å²) in [4.78, 5) is 0. The minimum atomic E-state index is -3.35. The molecule has 0 aromatic carbocycles. The molecule has 0 aromatic rings. The molecule has 1 radical (unpaired) electrons. The molecule has 0 saturated heterocycles. The second-order valence-corrected chi connectivity index (χ2v) is 3.43. The maximum absolute atomic E-state index is 9.93. The molecule has 0 bridgehead atoms. The molecule has 3 nitrogen and oxygen atoms in total. The summed E-state index contributed by atoms with van der Waals surface area (Å²) < 4.78 is 23.0. The van der Waals surface area contributed by atoms with Gasteiger partial charge in [-0.05, 0) is 18.6 Å². The van der Waals surface area contributed by atoms with Crippen LogP contribution in [0.4, 0.5) is 0 Å². The second-order valence-electron chi connectivity index (χ2n) is 0.893. The highest BCUT2D eigenvalue weighted by atomic mass is 33.1. The van der Waals surface area contributed by atoms with E-state index in [9.17, 15) is 8.42 Å². The largest absolute Gasteiger partial charge is 0.278 e. The Morgan fingerprint density at radius 3 is 2.14 bits per heavy atom. The lowest BCUT2D eigenvalue weighted by Gasteiger charge is -1.86. The maximum Gasteiger partial charge on any atom is 0.278 e. The van der Waals surface area contributed by atoms with Crippen molar-refractivity contribution >= 4 is 20.7 Å². The van der Waals surface area contributed by atoms with Gasteiger partial charge < -0.3 is 0 Å². The first-order chi connectivity index (χ1) is 3.06. The van der Waals surface area contributed by atoms with Gasteiger partial charge >= 0.3 is 0 Å². The third-order valence-corrected chi connectivity index (χ3v) is 1.22. The van der Waals surface area contributed by atoms with Crippen LogP contribution in [0.1, 0.15) is 6.92 Å². The van der Waals surface area contributed by atoms with Gasteiger partial charge in [0.15, 0.2) is 0 Å². The van der Waals surface area contributed by atoms with Crippen LogP contribution < -0.4 is 4.72 Å². The van der Waals surface area contributed by atoms with Gasteiger partial charge in [0.2, 0.25) is 0 Å². The smallest absolute Gasteiger partial charge is 0.199 e. The average Bonchev–Trinajstić information content (AvgIpc) is 1.30. The first-order valence-electron chi connectivity index (χ1n) is 1.72. The van der Waals surface area contributed by atoms with E-state index in [4.69, 9.17) is 0 Å². The van der Waals surface area contributed by atoms with Crippen LogP contribution in [-0.4, -0.2) is 15.0 Å². The fourth-order valence-corrected chi connectivity index (χ4v) is 0.836. The Balaban J connectivity index is 3.60. The van der Waals surface area contributed by atoms with Crippen molar-refractivity contribution in [2.24, 2.45) is 0 Å². The van der Waals surface area contributed by atoms with Crippen LogP contribution in [0.15, 0.2) is 0 Å². The number of hydrogen-bond acceptors (Lipinski definition) is 2. The highest BCUT2D eigenvalue weighted by Crippen LogP contribution is 1.87. The molecular weight excluding hydrogens is 134 g/mol. The van der Waals surface area contributed by atoms with E-state index in [1.54, 1.807) is 6.92 Å². The summed E-state index contributed by atoms with van der Waals surface area (Å²) in [7, 11) is -3.35. The second kappa shape index (κ2) is 2.54. The molecule has 0 aromatic heterocycles. The molecule has 0 rings (SSSR count). The summed E-state index contributed by atoms with van der Waals surface area (Å²) in [5.74, 6) is 0. The number of hydrogen-bond donors (Lipinski definition) is 1. The summed E-state index contributed by atoms with van der Waals surface area (Å²) in [6.45, 7) is 1.90. The molecule has 0 saturated carbocycles. The Morgan fingerprint density at radius 2 is 2.14 bits per heavy atom. The van der Waals surface area contributed by atoms with Crippen molar-refractivity contribution in [2.75, 3.05) is 6.54 Å². The molecule has 0 heterocycles. The van der Waals surface area contributed by atoms with Crippen LogP contribution in [-0.2, 0) is 9.06 Å². The number of rotatable bonds is 2. The molecule has 0 aliphatic heterocycles. The van der Waals surface area contributed by atoms with E-state index >= 15 is 0 Å². The third-order valence-electron chi connectivity index (χ3n) is 0.292. The van der Waals surface area contributed by atoms with Crippen molar-refractivity contribution in [1.82, 2.24) is 4.72 Å². The number of nitrogens with zero attached hydrogens (tertiary/aromatic N) is 1. The molecule has 0 aliphatic rings. The van der Waals surface area contributed by atoms with E-state index in [1.807, 2.05) is 0 Å². The Bertz CT molecular complexity index is 127. The summed E-state index contributed by atoms with van der Waals surface area (Å²) in [5, 5.41) is 0. The molecule has 0 spiro atoms. The fourth-order valence-electron chi connectivity index (χ4n) is 0.163. The van der Waals surface area contributed by atoms with E-state index < -0.39 is 9.06 Å². The van der Waals surface area contributed by atoms with E-state index in [-0.39, 0.29) is 6.54 Å². The first-order valence-corrected chi connectivity index (χ1v) is 4.21. The fraction of sp³-hybridized carbons (Fsp3) is 1.00. The van der Waals surface area contributed by atoms with Crippen molar-refractivity contribution in [2.45, 2.75) is 6.92 Å². The van der Waals surface area contributed by atoms with E-state index in [2.05, 4.69) is 16.4 Å². The molecule has 0 N–H and O–H groups in total. The Hall–Kier alpha value is 0.260. The Morgan fingerprint density at radius 1 is 1.71 bits per heavy atom. The van der Waals surface area contributed by atoms with Crippen LogP contribution in [0.25, 0.3) is 0 Å². The van der Waals surface area contributed by atoms with E-state index in [1.165, 1.54) is 0 Å². The van der Waals surface area contributed by atoms with Gasteiger partial charge in [-0.2, -0.15) is 8.42 Å². The van der Waals surface area contributed by atoms with Crippen molar-refractivity contribution in [3.05, 3.63) is 0 Å². The average molecular weight is 140 g/mol. The molecule has 5 heteroatoms. The Kier molecular flexibility index (Phi) is 2.63. The lowest BCUT2D eigenvalue weighted by molar-refractivity contribution is 0.598. The zero-order valence-electron chi connectivity index (χ0n) is 3.83. The molecule has 0 aliphatic carbocycles. The normalized spacial score (nSPS) is 11.7. The van der Waals surface area contributed by atoms with Crippen LogP contribution >= 0.6 is 11.7 Å². The lowest BCUT2D eigenvalue weighted by atomic mass is 10.8. The first kappa shape index (κ1) is 7.26. The quantitative estimate of drug-likeness (QED) is 0.426. The molecule has 43 valence electrons. The highest BCUT2D eigenvalue weighted by Gasteiger charge is 1.97. The number of thiol groups is 1. The third kappa shape index (κ3) is 6.26. The minimum absolute atomic E-state index is 0.270. The molecule has 0 fully saturated rings. The van der Waals surface area contributed by atoms with Gasteiger partial charge in [-0.15, -0.1) is 4.72 Å². The molecule has 0 atom stereocenters. The van der Waals surface area contributed by atoms with Crippen molar-refractivity contribution in [3.8, 4) is 0 Å². The van der Waals surface area contributed by atoms with Crippen molar-refractivity contribution < 1.29 is 8.42 Å². The minimum Gasteiger partial charge on any atom is -0.199 e. The topological polar surface area (TPSA) is 48.2 Å². The van der Waals surface area contributed by atoms with E-state index in [0.717, 1.165) is 0 Å². The molecule has 7 heavy (non-hydrogen) atoms. The van der Waals surface area contributed by atoms with Crippen molar-refractivity contribution in [1.29, 1.82) is 0 Å². The van der Waals surface area contributed by atoms with E-state index in [0.29, 0.717) is 0 Å². The maximum atomic E-state index is 9.93. The van der Waals surface area contributed by atoms with Gasteiger partial charge in [0.25, 0.3) is 9.06 Å². The van der Waals surface area contributed by atoms with Crippen molar-refractivity contribution in [3.63, 3.8) is 0 Å². The summed E-state index contributed by atoms with van der Waals surface area (Å²) in [5.41, 5.74) is 0. The van der Waals surface area contributed by atoms with Crippen LogP contribution in [0.2, 0.25) is 0 Å². The van der Waals surface area contributed by atoms with Crippen LogP contribution in [0.5, 0.6) is 0 Å². The molecule has 0 amide bonds. The standard InChI is InChI=1S/C2H6NO2S2/c1-2-3-7(4,5)6/h2H2,1H3,(H,4,5,6). The predicted molar refractivity (Wildman–Crippen MR) is 30.6 cm³/mol. The zero-order valence-corrected chi connectivity index (χ0v) is 5.54. The van der Waals surface area contributed by atoms with Gasteiger partial charge in [-0.25, -0.2) is 0 Å². The molecular formula is C2H6NO2S2. The SMILES string of the molecule is CC[N]S(=O)(=O)S. The van der Waals surface area contributed by atoms with Gasteiger partial charge in [0, 0.05) is 6.54 Å². The highest BCUT2D eigenvalue weighted by molar-refractivity contribution is 8.62.